The first-order valence-electron chi connectivity index (χ1n) is 4.74. The van der Waals surface area contributed by atoms with E-state index in [2.05, 4.69) is 28.6 Å². The number of halogens is 1. The van der Waals surface area contributed by atoms with Crippen LogP contribution in [0.15, 0.2) is 4.52 Å². The van der Waals surface area contributed by atoms with E-state index in [-0.39, 0.29) is 12.4 Å². The molecule has 15 heavy (non-hydrogen) atoms. The van der Waals surface area contributed by atoms with E-state index in [4.69, 9.17) is 4.52 Å². The lowest BCUT2D eigenvalue weighted by molar-refractivity contribution is 0.375. The lowest BCUT2D eigenvalue weighted by Crippen LogP contribution is -2.24. The molecule has 1 aromatic heterocycles. The van der Waals surface area contributed by atoms with Crippen LogP contribution in [0.1, 0.15) is 18.6 Å². The van der Waals surface area contributed by atoms with Gasteiger partial charge in [-0.15, -0.1) is 12.4 Å². The van der Waals surface area contributed by atoms with Crippen LogP contribution in [-0.4, -0.2) is 35.2 Å². The number of aromatic nitrogens is 2. The second-order valence-electron chi connectivity index (χ2n) is 3.24. The van der Waals surface area contributed by atoms with Crippen molar-refractivity contribution < 1.29 is 4.52 Å². The van der Waals surface area contributed by atoms with Crippen LogP contribution in [0.5, 0.6) is 0 Å². The summed E-state index contributed by atoms with van der Waals surface area (Å²) in [4.78, 5) is 4.30. The highest BCUT2D eigenvalue weighted by Crippen LogP contribution is 2.04. The first-order chi connectivity index (χ1) is 6.76. The average molecular weight is 252 g/mol. The Morgan fingerprint density at radius 3 is 2.87 bits per heavy atom. The molecule has 0 fully saturated rings. The molecule has 0 saturated carbocycles. The van der Waals surface area contributed by atoms with Gasteiger partial charge in [-0.3, -0.25) is 0 Å². The van der Waals surface area contributed by atoms with Crippen molar-refractivity contribution in [2.45, 2.75) is 25.8 Å². The number of nitrogens with zero attached hydrogens (tertiary/aromatic N) is 2. The lowest BCUT2D eigenvalue weighted by Gasteiger charge is -2.04. The summed E-state index contributed by atoms with van der Waals surface area (Å²) in [5, 5.41) is 7.06. The summed E-state index contributed by atoms with van der Waals surface area (Å²) in [6.45, 7) is 2.10. The Balaban J connectivity index is 0.00000196. The SMILES string of the molecule is CNC(C)Cc1noc(CCSC)n1.Cl. The van der Waals surface area contributed by atoms with Gasteiger partial charge >= 0.3 is 0 Å². The summed E-state index contributed by atoms with van der Waals surface area (Å²) in [7, 11) is 1.93. The zero-order valence-electron chi connectivity index (χ0n) is 9.32. The fourth-order valence-corrected chi connectivity index (χ4v) is 1.42. The van der Waals surface area contributed by atoms with E-state index in [0.29, 0.717) is 6.04 Å². The number of likely N-dealkylation sites (N-methyl/N-ethyl adjacent to an activating group) is 1. The predicted molar refractivity (Wildman–Crippen MR) is 65.9 cm³/mol. The molecule has 0 aromatic carbocycles. The first-order valence-corrected chi connectivity index (χ1v) is 6.13. The van der Waals surface area contributed by atoms with Crippen LogP contribution in [0.2, 0.25) is 0 Å². The van der Waals surface area contributed by atoms with Gasteiger partial charge in [-0.2, -0.15) is 16.7 Å². The molecule has 0 saturated heterocycles. The zero-order valence-corrected chi connectivity index (χ0v) is 11.0. The number of hydrogen-bond acceptors (Lipinski definition) is 5. The molecule has 88 valence electrons. The summed E-state index contributed by atoms with van der Waals surface area (Å²) < 4.78 is 5.11. The molecule has 1 rings (SSSR count). The maximum Gasteiger partial charge on any atom is 0.227 e. The van der Waals surface area contributed by atoms with E-state index in [1.807, 2.05) is 7.05 Å². The Labute approximate surface area is 101 Å². The van der Waals surface area contributed by atoms with Crippen LogP contribution in [0.3, 0.4) is 0 Å². The molecule has 0 bridgehead atoms. The number of thioether (sulfide) groups is 1. The predicted octanol–water partition coefficient (Wildman–Crippen LogP) is 1.55. The van der Waals surface area contributed by atoms with Crippen LogP contribution in [0.4, 0.5) is 0 Å². The molecule has 1 N–H and O–H groups in total. The maximum absolute atomic E-state index is 5.11. The Bertz CT molecular complexity index is 270. The molecule has 0 amide bonds. The van der Waals surface area contributed by atoms with Gasteiger partial charge in [0.1, 0.15) is 0 Å². The minimum Gasteiger partial charge on any atom is -0.339 e. The zero-order chi connectivity index (χ0) is 10.4. The Morgan fingerprint density at radius 2 is 2.27 bits per heavy atom. The van der Waals surface area contributed by atoms with E-state index in [9.17, 15) is 0 Å². The smallest absolute Gasteiger partial charge is 0.227 e. The first kappa shape index (κ1) is 14.7. The molecule has 1 unspecified atom stereocenters. The van der Waals surface area contributed by atoms with E-state index in [1.54, 1.807) is 11.8 Å². The lowest BCUT2D eigenvalue weighted by atomic mass is 10.2. The van der Waals surface area contributed by atoms with Crippen LogP contribution < -0.4 is 5.32 Å². The third-order valence-corrected chi connectivity index (χ3v) is 2.62. The summed E-state index contributed by atoms with van der Waals surface area (Å²) >= 11 is 1.78. The van der Waals surface area contributed by atoms with Gasteiger partial charge < -0.3 is 9.84 Å². The van der Waals surface area contributed by atoms with E-state index in [1.165, 1.54) is 0 Å². The largest absolute Gasteiger partial charge is 0.339 e. The van der Waals surface area contributed by atoms with Crippen LogP contribution in [0.25, 0.3) is 0 Å². The molecule has 0 radical (unpaired) electrons. The highest BCUT2D eigenvalue weighted by molar-refractivity contribution is 7.98. The van der Waals surface area contributed by atoms with Crippen LogP contribution in [0, 0.1) is 0 Å². The molecule has 0 aliphatic rings. The standard InChI is InChI=1S/C9H17N3OS.ClH/c1-7(10-2)6-8-11-9(13-12-8)4-5-14-3;/h7,10H,4-6H2,1-3H3;1H. The quantitative estimate of drug-likeness (QED) is 0.831. The fourth-order valence-electron chi connectivity index (χ4n) is 1.04. The third-order valence-electron chi connectivity index (χ3n) is 2.01. The van der Waals surface area contributed by atoms with E-state index in [0.717, 1.165) is 30.3 Å². The van der Waals surface area contributed by atoms with Crippen molar-refractivity contribution in [1.82, 2.24) is 15.5 Å². The van der Waals surface area contributed by atoms with Crippen LogP contribution in [-0.2, 0) is 12.8 Å². The van der Waals surface area contributed by atoms with Crippen molar-refractivity contribution >= 4 is 24.2 Å². The molecule has 0 aliphatic carbocycles. The molecular weight excluding hydrogens is 234 g/mol. The monoisotopic (exact) mass is 251 g/mol. The summed E-state index contributed by atoms with van der Waals surface area (Å²) in [6, 6.07) is 0.390. The molecule has 1 aromatic rings. The van der Waals surface area contributed by atoms with Crippen molar-refractivity contribution in [3.8, 4) is 0 Å². The Hall–Kier alpha value is -0.260. The number of aryl methyl sites for hydroxylation is 1. The number of nitrogens with one attached hydrogen (secondary N) is 1. The molecule has 4 nitrogen and oxygen atoms in total. The molecule has 0 aliphatic heterocycles. The van der Waals surface area contributed by atoms with Gasteiger partial charge in [0.05, 0.1) is 0 Å². The Kier molecular flexibility index (Phi) is 7.82. The van der Waals surface area contributed by atoms with Crippen molar-refractivity contribution in [2.24, 2.45) is 0 Å². The van der Waals surface area contributed by atoms with Gasteiger partial charge in [-0.1, -0.05) is 5.16 Å². The highest BCUT2D eigenvalue weighted by Gasteiger charge is 2.08. The molecule has 6 heteroatoms. The van der Waals surface area contributed by atoms with Gasteiger partial charge in [0.15, 0.2) is 5.82 Å². The maximum atomic E-state index is 5.11. The Morgan fingerprint density at radius 1 is 1.53 bits per heavy atom. The molecular formula is C9H18ClN3OS. The van der Waals surface area contributed by atoms with Crippen molar-refractivity contribution in [3.05, 3.63) is 11.7 Å². The summed E-state index contributed by atoms with van der Waals surface area (Å²) in [6.07, 6.45) is 3.75. The van der Waals surface area contributed by atoms with Crippen molar-refractivity contribution in [3.63, 3.8) is 0 Å². The van der Waals surface area contributed by atoms with E-state index >= 15 is 0 Å². The fraction of sp³-hybridized carbons (Fsp3) is 0.778. The van der Waals surface area contributed by atoms with Crippen molar-refractivity contribution in [1.29, 1.82) is 0 Å². The third kappa shape index (κ3) is 5.39. The van der Waals surface area contributed by atoms with Gasteiger partial charge in [-0.05, 0) is 20.2 Å². The van der Waals surface area contributed by atoms with E-state index < -0.39 is 0 Å². The van der Waals surface area contributed by atoms with Gasteiger partial charge in [0.2, 0.25) is 5.89 Å². The number of hydrogen-bond donors (Lipinski definition) is 1. The molecule has 0 spiro atoms. The van der Waals surface area contributed by atoms with Gasteiger partial charge in [0, 0.05) is 24.6 Å². The molecule has 1 heterocycles. The second kappa shape index (κ2) is 7.96. The minimum absolute atomic E-state index is 0. The topological polar surface area (TPSA) is 51.0 Å². The summed E-state index contributed by atoms with van der Waals surface area (Å²) in [5.41, 5.74) is 0. The number of rotatable bonds is 6. The highest BCUT2D eigenvalue weighted by atomic mass is 35.5. The average Bonchev–Trinajstić information content (AvgIpc) is 2.62. The second-order valence-corrected chi connectivity index (χ2v) is 4.23. The van der Waals surface area contributed by atoms with Crippen molar-refractivity contribution in [2.75, 3.05) is 19.1 Å². The minimum atomic E-state index is 0. The van der Waals surface area contributed by atoms with Crippen LogP contribution >= 0.6 is 24.2 Å². The normalized spacial score (nSPS) is 12.2. The van der Waals surface area contributed by atoms with Gasteiger partial charge in [-0.25, -0.2) is 0 Å². The summed E-state index contributed by atoms with van der Waals surface area (Å²) in [5.74, 6) is 2.57. The molecule has 1 atom stereocenters. The van der Waals surface area contributed by atoms with Gasteiger partial charge in [0.25, 0.3) is 0 Å².